The third-order valence-corrected chi connectivity index (χ3v) is 4.05. The van der Waals surface area contributed by atoms with Gasteiger partial charge in [-0.15, -0.1) is 0 Å². The number of pyridine rings is 1. The summed E-state index contributed by atoms with van der Waals surface area (Å²) < 4.78 is 0. The van der Waals surface area contributed by atoms with E-state index >= 15 is 0 Å². The van der Waals surface area contributed by atoms with E-state index in [2.05, 4.69) is 4.98 Å². The van der Waals surface area contributed by atoms with Crippen LogP contribution < -0.4 is 11.3 Å². The van der Waals surface area contributed by atoms with E-state index < -0.39 is 5.56 Å². The first-order chi connectivity index (χ1) is 11.5. The van der Waals surface area contributed by atoms with Crippen LogP contribution in [0.4, 0.5) is 5.69 Å². The zero-order valence-electron chi connectivity index (χ0n) is 12.9. The summed E-state index contributed by atoms with van der Waals surface area (Å²) in [5, 5.41) is 9.87. The first-order valence-corrected chi connectivity index (χ1v) is 7.67. The molecular weight excluding hydrogens is 322 g/mol. The molecule has 1 aromatic heterocycles. The van der Waals surface area contributed by atoms with Crippen LogP contribution in [0.1, 0.15) is 11.1 Å². The minimum Gasteiger partial charge on any atom is -0.398 e. The van der Waals surface area contributed by atoms with Crippen molar-refractivity contribution in [3.05, 3.63) is 75.0 Å². The molecule has 4 nitrogen and oxygen atoms in total. The normalized spacial score (nSPS) is 10.4. The molecule has 3 rings (SSSR count). The average molecular weight is 336 g/mol. The predicted octanol–water partition coefficient (Wildman–Crippen LogP) is 4.12. The van der Waals surface area contributed by atoms with Gasteiger partial charge in [-0.25, -0.2) is 0 Å². The zero-order chi connectivity index (χ0) is 17.3. The summed E-state index contributed by atoms with van der Waals surface area (Å²) in [6.45, 7) is 1.98. The molecule has 0 aliphatic carbocycles. The number of aromatic nitrogens is 1. The summed E-state index contributed by atoms with van der Waals surface area (Å²) in [6, 6.07) is 16.4. The van der Waals surface area contributed by atoms with Gasteiger partial charge in [0.2, 0.25) is 0 Å². The average Bonchev–Trinajstić information content (AvgIpc) is 2.57. The van der Waals surface area contributed by atoms with Crippen LogP contribution in [-0.2, 0) is 0 Å². The van der Waals surface area contributed by atoms with Crippen molar-refractivity contribution in [1.82, 2.24) is 4.98 Å². The summed E-state index contributed by atoms with van der Waals surface area (Å²) >= 11 is 6.04. The molecule has 0 saturated carbocycles. The molecule has 0 atom stereocenters. The molecule has 3 N–H and O–H groups in total. The van der Waals surface area contributed by atoms with Crippen molar-refractivity contribution in [3.63, 3.8) is 0 Å². The Kier molecular flexibility index (Phi) is 4.11. The van der Waals surface area contributed by atoms with Crippen molar-refractivity contribution in [2.75, 3.05) is 5.73 Å². The molecule has 2 aromatic carbocycles. The molecule has 0 aliphatic rings. The Hall–Kier alpha value is -3.03. The first kappa shape index (κ1) is 15.9. The van der Waals surface area contributed by atoms with Gasteiger partial charge in [0.25, 0.3) is 5.56 Å². The summed E-state index contributed by atoms with van der Waals surface area (Å²) in [5.74, 6) is 0. The van der Waals surface area contributed by atoms with Gasteiger partial charge in [-0.3, -0.25) is 4.79 Å². The number of halogens is 1. The maximum Gasteiger partial charge on any atom is 0.266 e. The van der Waals surface area contributed by atoms with Gasteiger partial charge in [0.05, 0.1) is 5.69 Å². The number of aryl methyl sites for hydroxylation is 1. The van der Waals surface area contributed by atoms with Gasteiger partial charge in [0.1, 0.15) is 11.6 Å². The molecule has 118 valence electrons. The van der Waals surface area contributed by atoms with E-state index in [0.29, 0.717) is 27.5 Å². The second kappa shape index (κ2) is 6.23. The van der Waals surface area contributed by atoms with Crippen molar-refractivity contribution in [3.8, 4) is 28.5 Å². The summed E-state index contributed by atoms with van der Waals surface area (Å²) in [7, 11) is 0. The number of nitriles is 1. The van der Waals surface area contributed by atoms with Gasteiger partial charge in [-0.05, 0) is 36.8 Å². The van der Waals surface area contributed by atoms with Crippen molar-refractivity contribution >= 4 is 17.3 Å². The minimum atomic E-state index is -0.454. The molecule has 0 spiro atoms. The standard InChI is InChI=1S/C19H14ClN3O/c1-11-2-4-12(5-3-11)14-9-18(23-19(24)16(14)10-21)15-8-13(20)6-7-17(15)22/h2-9H,22H2,1H3,(H,23,24). The second-order valence-electron chi connectivity index (χ2n) is 5.51. The number of H-pyrrole nitrogens is 1. The zero-order valence-corrected chi connectivity index (χ0v) is 13.7. The van der Waals surface area contributed by atoms with Crippen molar-refractivity contribution in [2.45, 2.75) is 6.92 Å². The molecule has 24 heavy (non-hydrogen) atoms. The molecule has 5 heteroatoms. The Morgan fingerprint density at radius 1 is 1.08 bits per heavy atom. The smallest absolute Gasteiger partial charge is 0.266 e. The molecule has 0 fully saturated rings. The summed E-state index contributed by atoms with van der Waals surface area (Å²) in [4.78, 5) is 15.1. The van der Waals surface area contributed by atoms with Crippen LogP contribution in [-0.4, -0.2) is 4.98 Å². The number of nitrogen functional groups attached to an aromatic ring is 1. The quantitative estimate of drug-likeness (QED) is 0.691. The van der Waals surface area contributed by atoms with Gasteiger partial charge in [-0.2, -0.15) is 5.26 Å². The highest BCUT2D eigenvalue weighted by molar-refractivity contribution is 6.31. The number of anilines is 1. The highest BCUT2D eigenvalue weighted by atomic mass is 35.5. The number of hydrogen-bond donors (Lipinski definition) is 2. The van der Waals surface area contributed by atoms with E-state index in [1.807, 2.05) is 37.3 Å². The highest BCUT2D eigenvalue weighted by Crippen LogP contribution is 2.30. The van der Waals surface area contributed by atoms with Crippen LogP contribution in [0.15, 0.2) is 53.3 Å². The molecule has 0 bridgehead atoms. The van der Waals surface area contributed by atoms with Gasteiger partial charge < -0.3 is 10.7 Å². The highest BCUT2D eigenvalue weighted by Gasteiger charge is 2.14. The van der Waals surface area contributed by atoms with Crippen LogP contribution in [0, 0.1) is 18.3 Å². The number of nitrogens with zero attached hydrogens (tertiary/aromatic N) is 1. The fourth-order valence-electron chi connectivity index (χ4n) is 2.54. The minimum absolute atomic E-state index is 0.0724. The first-order valence-electron chi connectivity index (χ1n) is 7.29. The molecule has 0 amide bonds. The van der Waals surface area contributed by atoms with Crippen LogP contribution in [0.5, 0.6) is 0 Å². The van der Waals surface area contributed by atoms with Gasteiger partial charge in [0, 0.05) is 21.8 Å². The van der Waals surface area contributed by atoms with Crippen LogP contribution in [0.25, 0.3) is 22.4 Å². The molecule has 0 radical (unpaired) electrons. The lowest BCUT2D eigenvalue weighted by Crippen LogP contribution is -2.13. The molecule has 3 aromatic rings. The maximum absolute atomic E-state index is 12.3. The number of benzene rings is 2. The Balaban J connectivity index is 2.28. The topological polar surface area (TPSA) is 82.7 Å². The third-order valence-electron chi connectivity index (χ3n) is 3.81. The third kappa shape index (κ3) is 2.90. The van der Waals surface area contributed by atoms with Crippen LogP contribution >= 0.6 is 11.6 Å². The lowest BCUT2D eigenvalue weighted by Gasteiger charge is -2.10. The molecular formula is C19H14ClN3O. The second-order valence-corrected chi connectivity index (χ2v) is 5.95. The summed E-state index contributed by atoms with van der Waals surface area (Å²) in [6.07, 6.45) is 0. The Morgan fingerprint density at radius 3 is 2.46 bits per heavy atom. The van der Waals surface area contributed by atoms with Crippen molar-refractivity contribution in [2.24, 2.45) is 0 Å². The molecule has 0 aliphatic heterocycles. The van der Waals surface area contributed by atoms with Gasteiger partial charge >= 0.3 is 0 Å². The Labute approximate surface area is 144 Å². The monoisotopic (exact) mass is 335 g/mol. The fourth-order valence-corrected chi connectivity index (χ4v) is 2.71. The maximum atomic E-state index is 12.3. The lowest BCUT2D eigenvalue weighted by atomic mass is 9.98. The number of rotatable bonds is 2. The van der Waals surface area contributed by atoms with Crippen LogP contribution in [0.3, 0.4) is 0 Å². The Morgan fingerprint density at radius 2 is 1.79 bits per heavy atom. The van der Waals surface area contributed by atoms with Crippen LogP contribution in [0.2, 0.25) is 5.02 Å². The fraction of sp³-hybridized carbons (Fsp3) is 0.0526. The molecule has 1 heterocycles. The van der Waals surface area contributed by atoms with Gasteiger partial charge in [-0.1, -0.05) is 41.4 Å². The Bertz CT molecular complexity index is 1010. The SMILES string of the molecule is Cc1ccc(-c2cc(-c3cc(Cl)ccc3N)[nH]c(=O)c2C#N)cc1. The van der Waals surface area contributed by atoms with Gasteiger partial charge in [0.15, 0.2) is 0 Å². The molecule has 0 saturated heterocycles. The van der Waals surface area contributed by atoms with E-state index in [4.69, 9.17) is 17.3 Å². The van der Waals surface area contributed by atoms with E-state index in [9.17, 15) is 10.1 Å². The van der Waals surface area contributed by atoms with E-state index in [1.165, 1.54) is 0 Å². The summed E-state index contributed by atoms with van der Waals surface area (Å²) in [5.41, 5.74) is 9.72. The number of nitrogens with one attached hydrogen (secondary N) is 1. The van der Waals surface area contributed by atoms with Crippen molar-refractivity contribution in [1.29, 1.82) is 5.26 Å². The largest absolute Gasteiger partial charge is 0.398 e. The molecule has 0 unspecified atom stereocenters. The number of nitrogens with two attached hydrogens (primary N) is 1. The predicted molar refractivity (Wildman–Crippen MR) is 96.8 cm³/mol. The number of aromatic amines is 1. The lowest BCUT2D eigenvalue weighted by molar-refractivity contribution is 1.22. The van der Waals surface area contributed by atoms with E-state index in [1.54, 1.807) is 24.3 Å². The van der Waals surface area contributed by atoms with Crippen molar-refractivity contribution < 1.29 is 0 Å². The van der Waals surface area contributed by atoms with E-state index in [0.717, 1.165) is 11.1 Å². The van der Waals surface area contributed by atoms with E-state index in [-0.39, 0.29) is 5.56 Å². The number of hydrogen-bond acceptors (Lipinski definition) is 3.